The van der Waals surface area contributed by atoms with Crippen LogP contribution in [-0.4, -0.2) is 32.2 Å². The van der Waals surface area contributed by atoms with Gasteiger partial charge in [-0.25, -0.2) is 0 Å². The molecule has 0 amide bonds. The molecular weight excluding hydrogens is 324 g/mol. The number of hydrogen-bond donors (Lipinski definition) is 1. The zero-order chi connectivity index (χ0) is 16.1. The van der Waals surface area contributed by atoms with E-state index in [2.05, 4.69) is 60.7 Å². The maximum Gasteiger partial charge on any atom is 0.161 e. The first-order valence-electron chi connectivity index (χ1n) is 8.02. The molecule has 24 heavy (non-hydrogen) atoms. The smallest absolute Gasteiger partial charge is 0.161 e. The zero-order valence-corrected chi connectivity index (χ0v) is 15.1. The van der Waals surface area contributed by atoms with Crippen molar-refractivity contribution in [2.24, 2.45) is 0 Å². The Kier molecular flexibility index (Phi) is 6.91. The number of hydrogen-bond acceptors (Lipinski definition) is 4. The fourth-order valence-corrected chi connectivity index (χ4v) is 2.68. The van der Waals surface area contributed by atoms with Crippen molar-refractivity contribution in [2.45, 2.75) is 19.6 Å². The van der Waals surface area contributed by atoms with E-state index in [1.807, 2.05) is 6.07 Å². The van der Waals surface area contributed by atoms with Crippen LogP contribution in [0.3, 0.4) is 0 Å². The number of nitrogens with one attached hydrogen (secondary N) is 1. The Morgan fingerprint density at radius 2 is 1.42 bits per heavy atom. The van der Waals surface area contributed by atoms with E-state index in [0.717, 1.165) is 31.1 Å². The highest BCUT2D eigenvalue weighted by molar-refractivity contribution is 5.85. The van der Waals surface area contributed by atoms with Gasteiger partial charge in [0.2, 0.25) is 0 Å². The van der Waals surface area contributed by atoms with Gasteiger partial charge in [0, 0.05) is 19.6 Å². The predicted octanol–water partition coefficient (Wildman–Crippen LogP) is 3.23. The van der Waals surface area contributed by atoms with Gasteiger partial charge in [0.15, 0.2) is 11.5 Å². The lowest BCUT2D eigenvalue weighted by atomic mass is 10.1. The summed E-state index contributed by atoms with van der Waals surface area (Å²) in [4.78, 5) is 2.18. The molecule has 1 aliphatic rings. The van der Waals surface area contributed by atoms with Crippen LogP contribution in [0.25, 0.3) is 0 Å². The standard InChI is InChI=1S/C19H24N2O2.ClH/c1-21(2)14-16-5-3-15(4-6-16)12-20-13-17-7-8-18-19(11-17)23-10-9-22-18;/h3-8,11,20H,9-10,12-14H2,1-2H3;1H. The third-order valence-corrected chi connectivity index (χ3v) is 3.79. The second-order valence-electron chi connectivity index (χ2n) is 6.14. The summed E-state index contributed by atoms with van der Waals surface area (Å²) in [5, 5.41) is 3.48. The predicted molar refractivity (Wildman–Crippen MR) is 99.1 cm³/mol. The van der Waals surface area contributed by atoms with Crippen LogP contribution in [0, 0.1) is 0 Å². The van der Waals surface area contributed by atoms with Gasteiger partial charge >= 0.3 is 0 Å². The maximum atomic E-state index is 5.62. The quantitative estimate of drug-likeness (QED) is 0.869. The van der Waals surface area contributed by atoms with Crippen LogP contribution in [0.4, 0.5) is 0 Å². The highest BCUT2D eigenvalue weighted by Crippen LogP contribution is 2.30. The van der Waals surface area contributed by atoms with Crippen molar-refractivity contribution in [2.75, 3.05) is 27.3 Å². The molecule has 0 aliphatic carbocycles. The van der Waals surface area contributed by atoms with Gasteiger partial charge in [-0.2, -0.15) is 0 Å². The van der Waals surface area contributed by atoms with Crippen molar-refractivity contribution in [3.63, 3.8) is 0 Å². The first kappa shape index (κ1) is 18.6. The summed E-state index contributed by atoms with van der Waals surface area (Å²) in [6.45, 7) is 3.91. The second kappa shape index (κ2) is 8.92. The summed E-state index contributed by atoms with van der Waals surface area (Å²) in [7, 11) is 4.17. The Bertz CT molecular complexity index is 644. The number of benzene rings is 2. The number of fused-ring (bicyclic) bond motifs is 1. The fraction of sp³-hybridized carbons (Fsp3) is 0.368. The van der Waals surface area contributed by atoms with Crippen LogP contribution in [0.15, 0.2) is 42.5 Å². The van der Waals surface area contributed by atoms with Crippen molar-refractivity contribution in [3.05, 3.63) is 59.2 Å². The molecule has 3 rings (SSSR count). The molecule has 0 fully saturated rings. The normalized spacial score (nSPS) is 12.8. The van der Waals surface area contributed by atoms with E-state index in [4.69, 9.17) is 9.47 Å². The lowest BCUT2D eigenvalue weighted by Crippen LogP contribution is -2.16. The van der Waals surface area contributed by atoms with Gasteiger partial charge in [0.1, 0.15) is 13.2 Å². The lowest BCUT2D eigenvalue weighted by molar-refractivity contribution is 0.171. The van der Waals surface area contributed by atoms with E-state index in [0.29, 0.717) is 13.2 Å². The van der Waals surface area contributed by atoms with Crippen LogP contribution >= 0.6 is 12.4 Å². The molecule has 1 N–H and O–H groups in total. The molecule has 1 heterocycles. The summed E-state index contributed by atoms with van der Waals surface area (Å²) in [5.74, 6) is 1.69. The first-order chi connectivity index (χ1) is 11.2. The summed E-state index contributed by atoms with van der Waals surface area (Å²) in [5.41, 5.74) is 3.84. The third kappa shape index (κ3) is 5.13. The summed E-state index contributed by atoms with van der Waals surface area (Å²) >= 11 is 0. The molecule has 0 saturated heterocycles. The SMILES string of the molecule is CN(C)Cc1ccc(CNCc2ccc3c(c2)OCCO3)cc1.Cl. The Balaban J connectivity index is 0.00000208. The summed E-state index contributed by atoms with van der Waals surface area (Å²) in [6, 6.07) is 14.9. The molecule has 0 bridgehead atoms. The second-order valence-corrected chi connectivity index (χ2v) is 6.14. The van der Waals surface area contributed by atoms with Crippen molar-refractivity contribution in [1.29, 1.82) is 0 Å². The summed E-state index contributed by atoms with van der Waals surface area (Å²) < 4.78 is 11.2. The van der Waals surface area contributed by atoms with Gasteiger partial charge in [-0.05, 0) is 42.9 Å². The average molecular weight is 349 g/mol. The number of halogens is 1. The van der Waals surface area contributed by atoms with Crippen molar-refractivity contribution >= 4 is 12.4 Å². The Morgan fingerprint density at radius 3 is 2.12 bits per heavy atom. The zero-order valence-electron chi connectivity index (χ0n) is 14.2. The van der Waals surface area contributed by atoms with Gasteiger partial charge in [0.25, 0.3) is 0 Å². The monoisotopic (exact) mass is 348 g/mol. The fourth-order valence-electron chi connectivity index (χ4n) is 2.68. The molecule has 2 aromatic carbocycles. The molecule has 0 atom stereocenters. The molecule has 0 spiro atoms. The van der Waals surface area contributed by atoms with E-state index < -0.39 is 0 Å². The molecular formula is C19H25ClN2O2. The number of ether oxygens (including phenoxy) is 2. The Labute approximate surface area is 150 Å². The minimum atomic E-state index is 0. The van der Waals surface area contributed by atoms with Crippen LogP contribution < -0.4 is 14.8 Å². The maximum absolute atomic E-state index is 5.62. The molecule has 0 radical (unpaired) electrons. The molecule has 4 nitrogen and oxygen atoms in total. The van der Waals surface area contributed by atoms with Crippen molar-refractivity contribution in [3.8, 4) is 11.5 Å². The molecule has 5 heteroatoms. The van der Waals surface area contributed by atoms with Gasteiger partial charge in [-0.3, -0.25) is 0 Å². The van der Waals surface area contributed by atoms with Crippen LogP contribution in [-0.2, 0) is 19.6 Å². The minimum absolute atomic E-state index is 0. The number of rotatable bonds is 6. The number of nitrogens with zero attached hydrogens (tertiary/aromatic N) is 1. The third-order valence-electron chi connectivity index (χ3n) is 3.79. The summed E-state index contributed by atoms with van der Waals surface area (Å²) in [6.07, 6.45) is 0. The van der Waals surface area contributed by atoms with E-state index in [9.17, 15) is 0 Å². The highest BCUT2D eigenvalue weighted by Gasteiger charge is 2.11. The van der Waals surface area contributed by atoms with E-state index in [-0.39, 0.29) is 12.4 Å². The topological polar surface area (TPSA) is 33.7 Å². The molecule has 0 unspecified atom stereocenters. The molecule has 0 aromatic heterocycles. The lowest BCUT2D eigenvalue weighted by Gasteiger charge is -2.19. The van der Waals surface area contributed by atoms with Gasteiger partial charge in [-0.1, -0.05) is 30.3 Å². The van der Waals surface area contributed by atoms with Gasteiger partial charge in [0.05, 0.1) is 0 Å². The van der Waals surface area contributed by atoms with Crippen molar-refractivity contribution < 1.29 is 9.47 Å². The van der Waals surface area contributed by atoms with E-state index >= 15 is 0 Å². The largest absolute Gasteiger partial charge is 0.486 e. The van der Waals surface area contributed by atoms with Crippen LogP contribution in [0.1, 0.15) is 16.7 Å². The van der Waals surface area contributed by atoms with E-state index in [1.54, 1.807) is 0 Å². The first-order valence-corrected chi connectivity index (χ1v) is 8.02. The minimum Gasteiger partial charge on any atom is -0.486 e. The van der Waals surface area contributed by atoms with Crippen molar-refractivity contribution in [1.82, 2.24) is 10.2 Å². The Morgan fingerprint density at radius 1 is 0.833 bits per heavy atom. The Hall–Kier alpha value is -1.75. The van der Waals surface area contributed by atoms with Crippen LogP contribution in [0.2, 0.25) is 0 Å². The molecule has 0 saturated carbocycles. The molecule has 130 valence electrons. The van der Waals surface area contributed by atoms with Crippen LogP contribution in [0.5, 0.6) is 11.5 Å². The average Bonchev–Trinajstić information content (AvgIpc) is 2.56. The highest BCUT2D eigenvalue weighted by atomic mass is 35.5. The molecule has 2 aromatic rings. The van der Waals surface area contributed by atoms with Gasteiger partial charge in [-0.15, -0.1) is 12.4 Å². The van der Waals surface area contributed by atoms with Gasteiger partial charge < -0.3 is 19.7 Å². The molecule has 1 aliphatic heterocycles. The van der Waals surface area contributed by atoms with E-state index in [1.165, 1.54) is 16.7 Å².